The highest BCUT2D eigenvalue weighted by Crippen LogP contribution is 2.06. The number of aromatic nitrogens is 3. The summed E-state index contributed by atoms with van der Waals surface area (Å²) in [6.45, 7) is 0.0523. The SMILES string of the molecule is O=C(O)C(CCn1ccnn1)S(=O)(=O)O. The van der Waals surface area contributed by atoms with Gasteiger partial charge in [0.05, 0.1) is 6.20 Å². The number of hydrogen-bond donors (Lipinski definition) is 2. The summed E-state index contributed by atoms with van der Waals surface area (Å²) in [5.41, 5.74) is 0. The minimum Gasteiger partial charge on any atom is -0.480 e. The molecule has 0 aliphatic rings. The summed E-state index contributed by atoms with van der Waals surface area (Å²) < 4.78 is 31.2. The van der Waals surface area contributed by atoms with E-state index in [0.29, 0.717) is 0 Å². The van der Waals surface area contributed by atoms with Gasteiger partial charge in [0, 0.05) is 12.7 Å². The van der Waals surface area contributed by atoms with Gasteiger partial charge in [-0.05, 0) is 6.42 Å². The molecule has 84 valence electrons. The molecule has 9 heteroatoms. The minimum atomic E-state index is -4.58. The summed E-state index contributed by atoms with van der Waals surface area (Å²) >= 11 is 0. The molecule has 1 rings (SSSR count). The maximum Gasteiger partial charge on any atom is 0.324 e. The zero-order chi connectivity index (χ0) is 11.5. The fourth-order valence-corrected chi connectivity index (χ4v) is 1.66. The molecule has 0 amide bonds. The van der Waals surface area contributed by atoms with Gasteiger partial charge in [0.2, 0.25) is 0 Å². The topological polar surface area (TPSA) is 122 Å². The van der Waals surface area contributed by atoms with Crippen LogP contribution in [0, 0.1) is 0 Å². The van der Waals surface area contributed by atoms with Crippen LogP contribution in [-0.2, 0) is 21.5 Å². The number of carboxylic acid groups (broad SMARTS) is 1. The van der Waals surface area contributed by atoms with Crippen molar-refractivity contribution in [2.45, 2.75) is 18.2 Å². The number of aliphatic carboxylic acids is 1. The van der Waals surface area contributed by atoms with Gasteiger partial charge in [-0.1, -0.05) is 5.21 Å². The molecule has 0 spiro atoms. The summed E-state index contributed by atoms with van der Waals surface area (Å²) in [4.78, 5) is 10.5. The Morgan fingerprint density at radius 1 is 1.53 bits per heavy atom. The van der Waals surface area contributed by atoms with Crippen molar-refractivity contribution in [2.24, 2.45) is 0 Å². The second-order valence-electron chi connectivity index (χ2n) is 2.80. The summed E-state index contributed by atoms with van der Waals surface area (Å²) in [6.07, 6.45) is 2.57. The van der Waals surface area contributed by atoms with Gasteiger partial charge in [-0.25, -0.2) is 0 Å². The molecule has 1 aromatic heterocycles. The lowest BCUT2D eigenvalue weighted by Crippen LogP contribution is -2.30. The van der Waals surface area contributed by atoms with Crippen LogP contribution in [0.25, 0.3) is 0 Å². The average Bonchev–Trinajstić information content (AvgIpc) is 2.53. The zero-order valence-corrected chi connectivity index (χ0v) is 8.33. The molecular formula is C6H9N3O5S. The molecule has 0 aliphatic carbocycles. The predicted octanol–water partition coefficient (Wildman–Crippen LogP) is -0.991. The predicted molar refractivity (Wildman–Crippen MR) is 47.6 cm³/mol. The van der Waals surface area contributed by atoms with E-state index in [1.165, 1.54) is 17.1 Å². The standard InChI is InChI=1S/C6H9N3O5S/c10-6(11)5(15(12,13)14)1-3-9-4-2-7-8-9/h2,4-5H,1,3H2,(H,10,11)(H,12,13,14). The first-order valence-corrected chi connectivity index (χ1v) is 5.45. The maximum absolute atomic E-state index is 10.7. The first-order chi connectivity index (χ1) is 6.91. The van der Waals surface area contributed by atoms with E-state index in [0.717, 1.165) is 0 Å². The molecule has 1 atom stereocenters. The molecule has 0 radical (unpaired) electrons. The van der Waals surface area contributed by atoms with Gasteiger partial charge in [-0.15, -0.1) is 5.10 Å². The molecule has 1 aromatic rings. The molecule has 15 heavy (non-hydrogen) atoms. The van der Waals surface area contributed by atoms with Gasteiger partial charge in [0.1, 0.15) is 0 Å². The van der Waals surface area contributed by atoms with Crippen LogP contribution in [0.3, 0.4) is 0 Å². The van der Waals surface area contributed by atoms with Crippen molar-refractivity contribution in [1.29, 1.82) is 0 Å². The Hall–Kier alpha value is -1.48. The normalized spacial score (nSPS) is 13.7. The van der Waals surface area contributed by atoms with Crippen molar-refractivity contribution < 1.29 is 22.9 Å². The lowest BCUT2D eigenvalue weighted by Gasteiger charge is -2.07. The lowest BCUT2D eigenvalue weighted by atomic mass is 10.3. The van der Waals surface area contributed by atoms with E-state index < -0.39 is 21.3 Å². The van der Waals surface area contributed by atoms with E-state index in [-0.39, 0.29) is 13.0 Å². The van der Waals surface area contributed by atoms with Crippen LogP contribution in [0.4, 0.5) is 0 Å². The van der Waals surface area contributed by atoms with Crippen LogP contribution >= 0.6 is 0 Å². The molecule has 8 nitrogen and oxygen atoms in total. The molecule has 0 saturated heterocycles. The molecule has 0 saturated carbocycles. The Morgan fingerprint density at radius 3 is 2.60 bits per heavy atom. The van der Waals surface area contributed by atoms with Gasteiger partial charge in [0.25, 0.3) is 10.1 Å². The summed E-state index contributed by atoms with van der Waals surface area (Å²) in [6, 6.07) is 0. The molecule has 0 aromatic carbocycles. The highest BCUT2D eigenvalue weighted by Gasteiger charge is 2.30. The van der Waals surface area contributed by atoms with Gasteiger partial charge in [0.15, 0.2) is 5.25 Å². The Morgan fingerprint density at radius 2 is 2.20 bits per heavy atom. The monoisotopic (exact) mass is 235 g/mol. The number of nitrogens with zero attached hydrogens (tertiary/aromatic N) is 3. The van der Waals surface area contributed by atoms with Crippen molar-refractivity contribution in [1.82, 2.24) is 15.0 Å². The van der Waals surface area contributed by atoms with E-state index >= 15 is 0 Å². The highest BCUT2D eigenvalue weighted by molar-refractivity contribution is 7.87. The first-order valence-electron chi connectivity index (χ1n) is 3.94. The van der Waals surface area contributed by atoms with Gasteiger partial charge in [-0.2, -0.15) is 8.42 Å². The third-order valence-corrected chi connectivity index (χ3v) is 2.88. The van der Waals surface area contributed by atoms with Crippen molar-refractivity contribution in [3.05, 3.63) is 12.4 Å². The highest BCUT2D eigenvalue weighted by atomic mass is 32.2. The maximum atomic E-state index is 10.7. The Kier molecular flexibility index (Phi) is 3.37. The number of hydrogen-bond acceptors (Lipinski definition) is 5. The quantitative estimate of drug-likeness (QED) is 0.628. The summed E-state index contributed by atoms with van der Waals surface area (Å²) in [7, 11) is -4.58. The second-order valence-corrected chi connectivity index (χ2v) is 4.40. The Bertz CT molecular complexity index is 426. The first kappa shape index (κ1) is 11.6. The van der Waals surface area contributed by atoms with Crippen LogP contribution in [0.1, 0.15) is 6.42 Å². The number of rotatable bonds is 5. The minimum absolute atomic E-state index is 0.0523. The zero-order valence-electron chi connectivity index (χ0n) is 7.52. The molecule has 2 N–H and O–H groups in total. The third-order valence-electron chi connectivity index (χ3n) is 1.73. The molecule has 1 unspecified atom stereocenters. The van der Waals surface area contributed by atoms with E-state index in [9.17, 15) is 13.2 Å². The number of carbonyl (C=O) groups is 1. The fraction of sp³-hybridized carbons (Fsp3) is 0.500. The second kappa shape index (κ2) is 4.36. The van der Waals surface area contributed by atoms with Crippen molar-refractivity contribution in [2.75, 3.05) is 0 Å². The molecule has 0 aliphatic heterocycles. The lowest BCUT2D eigenvalue weighted by molar-refractivity contribution is -0.136. The van der Waals surface area contributed by atoms with Crippen molar-refractivity contribution in [3.63, 3.8) is 0 Å². The van der Waals surface area contributed by atoms with Crippen molar-refractivity contribution >= 4 is 16.1 Å². The van der Waals surface area contributed by atoms with Crippen LogP contribution in [0.2, 0.25) is 0 Å². The van der Waals surface area contributed by atoms with Crippen molar-refractivity contribution in [3.8, 4) is 0 Å². The Balaban J connectivity index is 2.65. The molecular weight excluding hydrogens is 226 g/mol. The van der Waals surface area contributed by atoms with Crippen LogP contribution in [-0.4, -0.2) is 44.3 Å². The van der Waals surface area contributed by atoms with Crippen LogP contribution in [0.15, 0.2) is 12.4 Å². The molecule has 0 fully saturated rings. The summed E-state index contributed by atoms with van der Waals surface area (Å²) in [5, 5.41) is 13.7. The van der Waals surface area contributed by atoms with E-state index in [1.807, 2.05) is 0 Å². The largest absolute Gasteiger partial charge is 0.480 e. The van der Waals surface area contributed by atoms with E-state index in [1.54, 1.807) is 0 Å². The Labute approximate surface area is 85.3 Å². The van der Waals surface area contributed by atoms with Crippen LogP contribution < -0.4 is 0 Å². The number of carboxylic acids is 1. The molecule has 0 bridgehead atoms. The number of aryl methyl sites for hydroxylation is 1. The summed E-state index contributed by atoms with van der Waals surface area (Å²) in [5.74, 6) is -1.59. The molecule has 1 heterocycles. The van der Waals surface area contributed by atoms with Gasteiger partial charge in [-0.3, -0.25) is 14.0 Å². The third kappa shape index (κ3) is 3.29. The van der Waals surface area contributed by atoms with Gasteiger partial charge >= 0.3 is 5.97 Å². The smallest absolute Gasteiger partial charge is 0.324 e. The fourth-order valence-electron chi connectivity index (χ4n) is 1.00. The van der Waals surface area contributed by atoms with E-state index in [4.69, 9.17) is 9.66 Å². The van der Waals surface area contributed by atoms with E-state index in [2.05, 4.69) is 10.3 Å². The van der Waals surface area contributed by atoms with Crippen LogP contribution in [0.5, 0.6) is 0 Å². The average molecular weight is 235 g/mol. The van der Waals surface area contributed by atoms with Gasteiger partial charge < -0.3 is 5.11 Å².